The lowest BCUT2D eigenvalue weighted by Crippen LogP contribution is -2.48. The molecule has 4 aromatic carbocycles. The Balaban J connectivity index is 0.00000372. The van der Waals surface area contributed by atoms with Gasteiger partial charge in [0.2, 0.25) is 0 Å². The lowest BCUT2D eigenvalue weighted by Gasteiger charge is -2.44. The van der Waals surface area contributed by atoms with Gasteiger partial charge in [0, 0.05) is 25.4 Å². The first-order valence-electron chi connectivity index (χ1n) is 15.6. The Kier molecular flexibility index (Phi) is 8.48. The predicted molar refractivity (Wildman–Crippen MR) is 177 cm³/mol. The van der Waals surface area contributed by atoms with Crippen molar-refractivity contribution in [2.24, 2.45) is 0 Å². The van der Waals surface area contributed by atoms with Gasteiger partial charge in [0.1, 0.15) is 23.3 Å². The molecular weight excluding hydrogens is 604 g/mol. The molecule has 0 saturated heterocycles. The third-order valence-electron chi connectivity index (χ3n) is 9.98. The van der Waals surface area contributed by atoms with Crippen LogP contribution >= 0.6 is 12.4 Å². The van der Waals surface area contributed by atoms with Gasteiger partial charge in [-0.3, -0.25) is 4.90 Å². The van der Waals surface area contributed by atoms with E-state index in [1.807, 2.05) is 30.3 Å². The number of benzene rings is 4. The van der Waals surface area contributed by atoms with Gasteiger partial charge in [-0.05, 0) is 95.9 Å². The highest BCUT2D eigenvalue weighted by molar-refractivity contribution is 5.85. The van der Waals surface area contributed by atoms with Gasteiger partial charge >= 0.3 is 0 Å². The molecule has 0 spiro atoms. The molecule has 6 bridgehead atoms. The Morgan fingerprint density at radius 2 is 1.57 bits per heavy atom. The molecule has 242 valence electrons. The van der Waals surface area contributed by atoms with Gasteiger partial charge in [-0.2, -0.15) is 0 Å². The van der Waals surface area contributed by atoms with Crippen molar-refractivity contribution in [2.75, 3.05) is 48.5 Å². The summed E-state index contributed by atoms with van der Waals surface area (Å²) in [6, 6.07) is 19.6. The molecule has 8 nitrogen and oxygen atoms in total. The average Bonchev–Trinajstić information content (AvgIpc) is 3.03. The molecule has 1 unspecified atom stereocenters. The number of likely N-dealkylation sites (N-methyl/N-ethyl adjacent to an activating group) is 2. The standard InChI is InChI=1S/C37H40N2O6.ClH/c1-38-14-12-24-19-32(42-4)33-21-27(24)28(38)16-22-6-9-26(10-7-22)44-37-35-25(20-34(43-5)36(37)41)13-15-39(2,3)29(35)17-23-8-11-30(40)31(18-23)45-33;/h6-11,18-21,28-29H,12-17H2,1-5H3,(H-,40,41);1H/t28-,29?;/m0./s1. The van der Waals surface area contributed by atoms with Crippen molar-refractivity contribution >= 4 is 12.4 Å². The number of rotatable bonds is 2. The summed E-state index contributed by atoms with van der Waals surface area (Å²) < 4.78 is 25.0. The monoisotopic (exact) mass is 644 g/mol. The van der Waals surface area contributed by atoms with Gasteiger partial charge in [-0.15, -0.1) is 12.4 Å². The van der Waals surface area contributed by atoms with Crippen LogP contribution < -0.4 is 24.1 Å². The smallest absolute Gasteiger partial charge is 0.169 e. The maximum atomic E-state index is 13.8. The summed E-state index contributed by atoms with van der Waals surface area (Å²) in [5.74, 6) is 2.59. The zero-order valence-corrected chi connectivity index (χ0v) is 27.8. The number of aromatic hydroxyl groups is 1. The van der Waals surface area contributed by atoms with Crippen LogP contribution in [0.25, 0.3) is 0 Å². The van der Waals surface area contributed by atoms with Crippen LogP contribution in [0.1, 0.15) is 45.5 Å². The van der Waals surface area contributed by atoms with Crippen LogP contribution in [-0.2, 0) is 25.7 Å². The molecule has 2 atom stereocenters. The Morgan fingerprint density at radius 3 is 2.30 bits per heavy atom. The minimum Gasteiger partial charge on any atom is -0.867 e. The highest BCUT2D eigenvalue weighted by atomic mass is 35.5. The quantitative estimate of drug-likeness (QED) is 0.250. The number of hydrogen-bond donors (Lipinski definition) is 1. The maximum absolute atomic E-state index is 13.8. The summed E-state index contributed by atoms with van der Waals surface area (Å²) in [6.45, 7) is 1.81. The molecule has 1 N–H and O–H groups in total. The van der Waals surface area contributed by atoms with Crippen LogP contribution in [0, 0.1) is 0 Å². The van der Waals surface area contributed by atoms with E-state index in [2.05, 4.69) is 50.3 Å². The zero-order valence-electron chi connectivity index (χ0n) is 27.0. The largest absolute Gasteiger partial charge is 0.867 e. The summed E-state index contributed by atoms with van der Waals surface area (Å²) >= 11 is 0. The first-order chi connectivity index (χ1) is 21.6. The minimum atomic E-state index is -0.252. The van der Waals surface area contributed by atoms with Crippen LogP contribution in [0.15, 0.2) is 60.7 Å². The Labute approximate surface area is 276 Å². The molecule has 4 heterocycles. The Hall–Kier alpha value is -4.11. The number of ether oxygens (including phenoxy) is 4. The molecule has 0 fully saturated rings. The number of phenolic OH excluding ortho intramolecular Hbond substituents is 1. The van der Waals surface area contributed by atoms with E-state index in [0.29, 0.717) is 45.4 Å². The van der Waals surface area contributed by atoms with Gasteiger partial charge in [-0.1, -0.05) is 18.2 Å². The SMILES string of the molecule is COc1cc2c3cc1Oc1cc(ccc1O)CC1c4c(cc(OC)c([O-])c4Oc4ccc(cc4)C[C@@H]3N(C)CC2)CC[N+]1(C)C.Cl. The van der Waals surface area contributed by atoms with Crippen LogP contribution in [-0.4, -0.2) is 62.9 Å². The Morgan fingerprint density at radius 1 is 0.848 bits per heavy atom. The van der Waals surface area contributed by atoms with E-state index in [1.54, 1.807) is 13.2 Å². The molecule has 9 heteroatoms. The maximum Gasteiger partial charge on any atom is 0.169 e. The predicted octanol–water partition coefficient (Wildman–Crippen LogP) is 6.49. The van der Waals surface area contributed by atoms with E-state index in [-0.39, 0.29) is 36.0 Å². The van der Waals surface area contributed by atoms with Crippen molar-refractivity contribution < 1.29 is 33.6 Å². The van der Waals surface area contributed by atoms with Crippen molar-refractivity contribution in [3.8, 4) is 46.0 Å². The Bertz CT molecular complexity index is 1770. The fraction of sp³-hybridized carbons (Fsp3) is 0.351. The number of fused-ring (bicyclic) bond motifs is 2. The van der Waals surface area contributed by atoms with Gasteiger partial charge in [-0.25, -0.2) is 0 Å². The third-order valence-corrected chi connectivity index (χ3v) is 9.98. The van der Waals surface area contributed by atoms with E-state index in [0.717, 1.165) is 54.6 Å². The van der Waals surface area contributed by atoms with Crippen LogP contribution in [0.3, 0.4) is 0 Å². The molecular formula is C37H41ClN2O6. The van der Waals surface area contributed by atoms with E-state index in [9.17, 15) is 10.2 Å². The van der Waals surface area contributed by atoms with Crippen molar-refractivity contribution in [3.63, 3.8) is 0 Å². The van der Waals surface area contributed by atoms with Crippen molar-refractivity contribution in [1.82, 2.24) is 4.90 Å². The lowest BCUT2D eigenvalue weighted by atomic mass is 9.86. The number of phenols is 1. The minimum absolute atomic E-state index is 0. The van der Waals surface area contributed by atoms with E-state index in [1.165, 1.54) is 18.2 Å². The number of methoxy groups -OCH3 is 2. The molecule has 0 saturated carbocycles. The molecule has 0 aliphatic carbocycles. The fourth-order valence-electron chi connectivity index (χ4n) is 7.25. The van der Waals surface area contributed by atoms with E-state index < -0.39 is 0 Å². The van der Waals surface area contributed by atoms with Gasteiger partial charge < -0.3 is 33.6 Å². The topological polar surface area (TPSA) is 83.5 Å². The van der Waals surface area contributed by atoms with Crippen molar-refractivity contribution in [1.29, 1.82) is 0 Å². The number of halogens is 1. The second-order valence-corrected chi connectivity index (χ2v) is 13.1. The highest BCUT2D eigenvalue weighted by Gasteiger charge is 2.39. The summed E-state index contributed by atoms with van der Waals surface area (Å²) in [5, 5.41) is 24.8. The lowest BCUT2D eigenvalue weighted by molar-refractivity contribution is -0.923. The van der Waals surface area contributed by atoms with E-state index >= 15 is 0 Å². The number of nitrogens with zero attached hydrogens (tertiary/aromatic N) is 2. The molecule has 0 radical (unpaired) electrons. The van der Waals surface area contributed by atoms with E-state index in [4.69, 9.17) is 18.9 Å². The third kappa shape index (κ3) is 5.59. The molecule has 4 aromatic rings. The van der Waals surface area contributed by atoms with Gasteiger partial charge in [0.25, 0.3) is 0 Å². The molecule has 4 aliphatic rings. The van der Waals surface area contributed by atoms with Gasteiger partial charge in [0.05, 0.1) is 40.4 Å². The molecule has 0 aromatic heterocycles. The zero-order chi connectivity index (χ0) is 31.5. The first kappa shape index (κ1) is 31.9. The summed E-state index contributed by atoms with van der Waals surface area (Å²) in [7, 11) is 9.71. The summed E-state index contributed by atoms with van der Waals surface area (Å²) in [4.78, 5) is 2.37. The van der Waals surface area contributed by atoms with Crippen LogP contribution in [0.4, 0.5) is 0 Å². The average molecular weight is 645 g/mol. The van der Waals surface area contributed by atoms with Gasteiger partial charge in [0.15, 0.2) is 23.0 Å². The molecule has 46 heavy (non-hydrogen) atoms. The molecule has 8 rings (SSSR count). The normalized spacial score (nSPS) is 19.8. The highest BCUT2D eigenvalue weighted by Crippen LogP contribution is 2.50. The van der Waals surface area contributed by atoms with Crippen LogP contribution in [0.2, 0.25) is 0 Å². The second-order valence-electron chi connectivity index (χ2n) is 13.1. The summed E-state index contributed by atoms with van der Waals surface area (Å²) in [5.41, 5.74) is 6.51. The first-order valence-corrected chi connectivity index (χ1v) is 15.6. The summed E-state index contributed by atoms with van der Waals surface area (Å²) in [6.07, 6.45) is 3.09. The fourth-order valence-corrected chi connectivity index (χ4v) is 7.25. The number of quaternary nitrogens is 1. The molecule has 4 aliphatic heterocycles. The molecule has 0 amide bonds. The van der Waals surface area contributed by atoms with Crippen molar-refractivity contribution in [2.45, 2.75) is 37.8 Å². The number of hydrogen-bond acceptors (Lipinski definition) is 7. The van der Waals surface area contributed by atoms with Crippen molar-refractivity contribution in [3.05, 3.63) is 94.0 Å². The second kappa shape index (κ2) is 12.2. The van der Waals surface area contributed by atoms with Crippen LogP contribution in [0.5, 0.6) is 46.0 Å².